The molecule has 0 saturated carbocycles. The van der Waals surface area contributed by atoms with Crippen molar-refractivity contribution in [1.29, 1.82) is 0 Å². The van der Waals surface area contributed by atoms with Gasteiger partial charge in [0.1, 0.15) is 24.1 Å². The van der Waals surface area contributed by atoms with Gasteiger partial charge in [0.05, 0.1) is 12.9 Å². The van der Waals surface area contributed by atoms with E-state index in [1.54, 1.807) is 0 Å². The second kappa shape index (κ2) is 9.65. The number of phosphoric acid groups is 1. The highest BCUT2D eigenvalue weighted by Gasteiger charge is 2.45. The Bertz CT molecular complexity index is 957. The number of aromatic amines is 1. The second-order valence-corrected chi connectivity index (χ2v) is 8.57. The predicted octanol–water partition coefficient (Wildman–Crippen LogP) is 0.361. The Morgan fingerprint density at radius 1 is 1.23 bits per heavy atom. The lowest BCUT2D eigenvalue weighted by Gasteiger charge is -2.16. The van der Waals surface area contributed by atoms with Gasteiger partial charge in [-0.05, 0) is 6.42 Å². The predicted molar refractivity (Wildman–Crippen MR) is 105 cm³/mol. The third-order valence-corrected chi connectivity index (χ3v) is 5.50. The van der Waals surface area contributed by atoms with Gasteiger partial charge in [-0.1, -0.05) is 32.6 Å². The van der Waals surface area contributed by atoms with Crippen LogP contribution < -0.4 is 5.56 Å². The number of aliphatic hydroxyl groups is 2. The van der Waals surface area contributed by atoms with E-state index in [-0.39, 0.29) is 11.2 Å². The molecular formula is C17H27N4O8P. The second-order valence-electron chi connectivity index (χ2n) is 7.33. The van der Waals surface area contributed by atoms with Crippen LogP contribution in [-0.4, -0.2) is 64.4 Å². The van der Waals surface area contributed by atoms with Crippen molar-refractivity contribution in [3.8, 4) is 0 Å². The van der Waals surface area contributed by atoms with Crippen LogP contribution in [0.2, 0.25) is 0 Å². The maximum absolute atomic E-state index is 12.4. The molecule has 3 heterocycles. The summed E-state index contributed by atoms with van der Waals surface area (Å²) in [5.41, 5.74) is -0.170. The number of ether oxygens (including phenoxy) is 1. The minimum atomic E-state index is -4.76. The van der Waals surface area contributed by atoms with Crippen molar-refractivity contribution < 1.29 is 33.8 Å². The summed E-state index contributed by atoms with van der Waals surface area (Å²) in [5.74, 6) is 0.486. The molecule has 13 heteroatoms. The molecule has 0 amide bonds. The maximum Gasteiger partial charge on any atom is 0.469 e. The number of phosphoric ester groups is 1. The molecule has 2 aromatic heterocycles. The van der Waals surface area contributed by atoms with Crippen molar-refractivity contribution in [2.24, 2.45) is 0 Å². The Morgan fingerprint density at radius 3 is 2.67 bits per heavy atom. The summed E-state index contributed by atoms with van der Waals surface area (Å²) in [6, 6.07) is 0. The van der Waals surface area contributed by atoms with E-state index >= 15 is 0 Å². The average molecular weight is 446 g/mol. The molecule has 30 heavy (non-hydrogen) atoms. The first-order chi connectivity index (χ1) is 14.2. The molecule has 1 unspecified atom stereocenters. The van der Waals surface area contributed by atoms with E-state index in [0.717, 1.165) is 32.1 Å². The number of hydrogen-bond donors (Lipinski definition) is 5. The van der Waals surface area contributed by atoms with Crippen molar-refractivity contribution in [2.75, 3.05) is 6.61 Å². The van der Waals surface area contributed by atoms with Crippen LogP contribution in [-0.2, 0) is 20.2 Å². The molecule has 0 aromatic carbocycles. The normalized spacial score (nSPS) is 24.7. The summed E-state index contributed by atoms with van der Waals surface area (Å²) < 4.78 is 22.1. The number of aryl methyl sites for hydroxylation is 1. The number of hydrogen-bond acceptors (Lipinski definition) is 8. The van der Waals surface area contributed by atoms with Gasteiger partial charge in [-0.2, -0.15) is 0 Å². The van der Waals surface area contributed by atoms with E-state index in [4.69, 9.17) is 14.5 Å². The highest BCUT2D eigenvalue weighted by atomic mass is 31.2. The first kappa shape index (κ1) is 23.0. The third-order valence-electron chi connectivity index (χ3n) is 5.02. The molecule has 0 radical (unpaired) electrons. The van der Waals surface area contributed by atoms with Crippen molar-refractivity contribution in [3.63, 3.8) is 0 Å². The Labute approximate surface area is 172 Å². The summed E-state index contributed by atoms with van der Waals surface area (Å²) in [4.78, 5) is 41.2. The number of nitrogens with zero attached hydrogens (tertiary/aromatic N) is 3. The van der Waals surface area contributed by atoms with E-state index in [9.17, 15) is 19.6 Å². The molecule has 1 aliphatic heterocycles. The first-order valence-corrected chi connectivity index (χ1v) is 11.4. The summed E-state index contributed by atoms with van der Waals surface area (Å²) in [5, 5.41) is 20.5. The van der Waals surface area contributed by atoms with Crippen LogP contribution in [0.3, 0.4) is 0 Å². The third kappa shape index (κ3) is 5.33. The van der Waals surface area contributed by atoms with Crippen LogP contribution in [0.15, 0.2) is 11.1 Å². The zero-order valence-electron chi connectivity index (χ0n) is 16.5. The maximum atomic E-state index is 12.4. The summed E-state index contributed by atoms with van der Waals surface area (Å²) >= 11 is 0. The van der Waals surface area contributed by atoms with Gasteiger partial charge in [0.2, 0.25) is 0 Å². The van der Waals surface area contributed by atoms with Crippen molar-refractivity contribution >= 4 is 19.0 Å². The number of rotatable bonds is 10. The minimum absolute atomic E-state index is 0.0601. The highest BCUT2D eigenvalue weighted by Crippen LogP contribution is 2.38. The van der Waals surface area contributed by atoms with Gasteiger partial charge < -0.3 is 29.7 Å². The Morgan fingerprint density at radius 2 is 1.97 bits per heavy atom. The van der Waals surface area contributed by atoms with Crippen molar-refractivity contribution in [3.05, 3.63) is 22.5 Å². The molecule has 1 fully saturated rings. The number of unbranched alkanes of at least 4 members (excludes halogenated alkanes) is 4. The monoisotopic (exact) mass is 446 g/mol. The number of aliphatic hydroxyl groups excluding tert-OH is 2. The molecule has 168 valence electrons. The highest BCUT2D eigenvalue weighted by molar-refractivity contribution is 7.46. The van der Waals surface area contributed by atoms with E-state index in [1.807, 2.05) is 0 Å². The fourth-order valence-electron chi connectivity index (χ4n) is 3.44. The van der Waals surface area contributed by atoms with Crippen molar-refractivity contribution in [1.82, 2.24) is 19.5 Å². The van der Waals surface area contributed by atoms with Crippen LogP contribution in [0.1, 0.15) is 51.1 Å². The van der Waals surface area contributed by atoms with Crippen LogP contribution in [0.5, 0.6) is 0 Å². The SMILES string of the molecule is CCCCCCCc1nc2c(ncn2C2O[C@@H](COP(=O)(O)O)[C@H](O)[C@@H]2O)c(=O)[nH]1. The molecule has 12 nitrogen and oxygen atoms in total. The Balaban J connectivity index is 1.78. The summed E-state index contributed by atoms with van der Waals surface area (Å²) in [6.07, 6.45) is 1.90. The first-order valence-electron chi connectivity index (χ1n) is 9.88. The number of imidazole rings is 1. The molecule has 3 rings (SSSR count). The molecule has 0 aliphatic carbocycles. The smallest absolute Gasteiger partial charge is 0.387 e. The number of fused-ring (bicyclic) bond motifs is 1. The van der Waals surface area contributed by atoms with Gasteiger partial charge in [-0.3, -0.25) is 13.9 Å². The number of aromatic nitrogens is 4. The largest absolute Gasteiger partial charge is 0.469 e. The molecule has 1 aliphatic rings. The number of H-pyrrole nitrogens is 1. The zero-order valence-corrected chi connectivity index (χ0v) is 17.4. The lowest BCUT2D eigenvalue weighted by atomic mass is 10.1. The topological polar surface area (TPSA) is 180 Å². The van der Waals surface area contributed by atoms with Gasteiger partial charge >= 0.3 is 7.82 Å². The Kier molecular flexibility index (Phi) is 7.40. The molecule has 5 N–H and O–H groups in total. The number of nitrogens with one attached hydrogen (secondary N) is 1. The lowest BCUT2D eigenvalue weighted by molar-refractivity contribution is -0.0504. The molecule has 1 saturated heterocycles. The summed E-state index contributed by atoms with van der Waals surface area (Å²) in [6.45, 7) is 1.51. The van der Waals surface area contributed by atoms with Gasteiger partial charge in [-0.25, -0.2) is 14.5 Å². The van der Waals surface area contributed by atoms with Crippen LogP contribution in [0.4, 0.5) is 0 Å². The van der Waals surface area contributed by atoms with E-state index in [0.29, 0.717) is 12.2 Å². The van der Waals surface area contributed by atoms with Crippen LogP contribution in [0.25, 0.3) is 11.2 Å². The fraction of sp³-hybridized carbons (Fsp3) is 0.706. The van der Waals surface area contributed by atoms with Gasteiger partial charge in [-0.15, -0.1) is 0 Å². The lowest BCUT2D eigenvalue weighted by Crippen LogP contribution is -2.33. The van der Waals surface area contributed by atoms with E-state index in [1.165, 1.54) is 10.9 Å². The molecule has 0 bridgehead atoms. The van der Waals surface area contributed by atoms with E-state index < -0.39 is 44.5 Å². The van der Waals surface area contributed by atoms with Crippen LogP contribution >= 0.6 is 7.82 Å². The Hall–Kier alpha value is -1.66. The molecule has 0 spiro atoms. The standard InChI is InChI=1S/C17H27N4O8P/c1-2-3-4-5-6-7-11-19-15-12(16(24)20-11)18-9-21(15)17-14(23)13(22)10(29-17)8-28-30(25,26)27/h9-10,13-14,17,22-23H,2-8H2,1H3,(H,19,20,24)(H2,25,26,27)/t10-,13-,14-,17?/m0/s1. The van der Waals surface area contributed by atoms with Crippen LogP contribution in [0, 0.1) is 0 Å². The summed E-state index contributed by atoms with van der Waals surface area (Å²) in [7, 11) is -4.76. The quantitative estimate of drug-likeness (QED) is 0.253. The van der Waals surface area contributed by atoms with E-state index in [2.05, 4.69) is 26.4 Å². The molecule has 4 atom stereocenters. The minimum Gasteiger partial charge on any atom is -0.387 e. The van der Waals surface area contributed by atoms with Crippen molar-refractivity contribution in [2.45, 2.75) is 70.0 Å². The van der Waals surface area contributed by atoms with Gasteiger partial charge in [0, 0.05) is 6.42 Å². The molecule has 2 aromatic rings. The van der Waals surface area contributed by atoms with Gasteiger partial charge in [0.15, 0.2) is 17.4 Å². The van der Waals surface area contributed by atoms with Gasteiger partial charge in [0.25, 0.3) is 5.56 Å². The average Bonchev–Trinajstić information content (AvgIpc) is 3.21. The molecular weight excluding hydrogens is 419 g/mol. The zero-order chi connectivity index (χ0) is 21.9. The fourth-order valence-corrected chi connectivity index (χ4v) is 3.78.